The van der Waals surface area contributed by atoms with Crippen LogP contribution in [0.3, 0.4) is 0 Å². The van der Waals surface area contributed by atoms with E-state index in [0.29, 0.717) is 22.5 Å². The number of hydrogen-bond donors (Lipinski definition) is 1. The lowest BCUT2D eigenvalue weighted by Crippen LogP contribution is -2.34. The fourth-order valence-corrected chi connectivity index (χ4v) is 2.92. The van der Waals surface area contributed by atoms with Gasteiger partial charge in [-0.2, -0.15) is 5.10 Å². The van der Waals surface area contributed by atoms with Gasteiger partial charge in [0.1, 0.15) is 18.3 Å². The van der Waals surface area contributed by atoms with Crippen LogP contribution in [0.15, 0.2) is 41.6 Å². The zero-order valence-electron chi connectivity index (χ0n) is 13.9. The first-order valence-electron chi connectivity index (χ1n) is 7.91. The van der Waals surface area contributed by atoms with E-state index in [0.717, 1.165) is 5.56 Å². The molecule has 3 aromatic rings. The minimum absolute atomic E-state index is 0.103. The summed E-state index contributed by atoms with van der Waals surface area (Å²) in [5.74, 6) is -0.265. The highest BCUT2D eigenvalue weighted by Gasteiger charge is 2.15. The van der Waals surface area contributed by atoms with Crippen LogP contribution in [0.25, 0.3) is 11.0 Å². The molecule has 0 saturated carbocycles. The van der Waals surface area contributed by atoms with E-state index in [1.165, 1.54) is 21.8 Å². The van der Waals surface area contributed by atoms with E-state index in [1.54, 1.807) is 13.1 Å². The standard InChI is InChI=1S/C17H18ClN5O2/c1-3-14(11-5-4-6-12(18)7-11)21-15(24)9-23-10-19-16-13(17(23)25)8-20-22(16)2/h4-8,10,14H,3,9H2,1-2H3,(H,21,24). The molecule has 0 radical (unpaired) electrons. The Bertz CT molecular complexity index is 979. The molecule has 2 heterocycles. The summed E-state index contributed by atoms with van der Waals surface area (Å²) in [5.41, 5.74) is 1.13. The smallest absolute Gasteiger partial charge is 0.264 e. The minimum atomic E-state index is -0.288. The number of benzene rings is 1. The molecule has 3 rings (SSSR count). The summed E-state index contributed by atoms with van der Waals surface area (Å²) in [7, 11) is 1.71. The molecule has 8 heteroatoms. The molecule has 0 spiro atoms. The number of nitrogens with zero attached hydrogens (tertiary/aromatic N) is 4. The van der Waals surface area contributed by atoms with Crippen LogP contribution >= 0.6 is 11.6 Å². The van der Waals surface area contributed by atoms with Crippen LogP contribution in [0.1, 0.15) is 24.9 Å². The first-order valence-corrected chi connectivity index (χ1v) is 8.29. The van der Waals surface area contributed by atoms with Crippen molar-refractivity contribution in [2.24, 2.45) is 7.05 Å². The molecule has 0 aliphatic heterocycles. The fourth-order valence-electron chi connectivity index (χ4n) is 2.72. The Morgan fingerprint density at radius 2 is 2.20 bits per heavy atom. The van der Waals surface area contributed by atoms with Gasteiger partial charge in [0.05, 0.1) is 12.2 Å². The Morgan fingerprint density at radius 3 is 2.92 bits per heavy atom. The SMILES string of the molecule is CCC(NC(=O)Cn1cnc2c(cnn2C)c1=O)c1cccc(Cl)c1. The number of hydrogen-bond acceptors (Lipinski definition) is 4. The summed E-state index contributed by atoms with van der Waals surface area (Å²) in [6.07, 6.45) is 3.53. The van der Waals surface area contributed by atoms with Gasteiger partial charge in [0.25, 0.3) is 5.56 Å². The van der Waals surface area contributed by atoms with Gasteiger partial charge in [0.15, 0.2) is 5.65 Å². The summed E-state index contributed by atoms with van der Waals surface area (Å²) in [4.78, 5) is 29.0. The number of carbonyl (C=O) groups is 1. The summed E-state index contributed by atoms with van der Waals surface area (Å²) >= 11 is 6.02. The summed E-state index contributed by atoms with van der Waals surface area (Å²) < 4.78 is 2.80. The number of halogens is 1. The van der Waals surface area contributed by atoms with Crippen LogP contribution in [0, 0.1) is 0 Å². The van der Waals surface area contributed by atoms with Crippen LogP contribution in [0.5, 0.6) is 0 Å². The maximum Gasteiger partial charge on any atom is 0.264 e. The third-order valence-electron chi connectivity index (χ3n) is 4.03. The number of aryl methyl sites for hydroxylation is 1. The molecular formula is C17H18ClN5O2. The molecule has 25 heavy (non-hydrogen) atoms. The van der Waals surface area contributed by atoms with E-state index in [-0.39, 0.29) is 24.1 Å². The Balaban J connectivity index is 1.78. The van der Waals surface area contributed by atoms with Crippen molar-refractivity contribution in [2.75, 3.05) is 0 Å². The zero-order chi connectivity index (χ0) is 18.0. The minimum Gasteiger partial charge on any atom is -0.348 e. The first kappa shape index (κ1) is 17.2. The van der Waals surface area contributed by atoms with Gasteiger partial charge in [-0.15, -0.1) is 0 Å². The van der Waals surface area contributed by atoms with Crippen molar-refractivity contribution >= 4 is 28.5 Å². The predicted octanol–water partition coefficient (Wildman–Crippen LogP) is 2.05. The highest BCUT2D eigenvalue weighted by Crippen LogP contribution is 2.20. The maximum atomic E-state index is 12.4. The lowest BCUT2D eigenvalue weighted by molar-refractivity contribution is -0.122. The van der Waals surface area contributed by atoms with Gasteiger partial charge >= 0.3 is 0 Å². The lowest BCUT2D eigenvalue weighted by atomic mass is 10.0. The number of rotatable bonds is 5. The highest BCUT2D eigenvalue weighted by molar-refractivity contribution is 6.30. The lowest BCUT2D eigenvalue weighted by Gasteiger charge is -2.18. The summed E-state index contributed by atoms with van der Waals surface area (Å²) in [5, 5.41) is 7.95. The van der Waals surface area contributed by atoms with Crippen LogP contribution in [-0.4, -0.2) is 25.2 Å². The number of aromatic nitrogens is 4. The molecule has 2 aromatic heterocycles. The highest BCUT2D eigenvalue weighted by atomic mass is 35.5. The molecule has 0 aliphatic rings. The van der Waals surface area contributed by atoms with Gasteiger partial charge in [-0.05, 0) is 24.1 Å². The Morgan fingerprint density at radius 1 is 1.40 bits per heavy atom. The molecule has 0 fully saturated rings. The first-order chi connectivity index (χ1) is 12.0. The molecule has 1 unspecified atom stereocenters. The second kappa shape index (κ2) is 7.06. The summed E-state index contributed by atoms with van der Waals surface area (Å²) in [6.45, 7) is 1.87. The molecule has 130 valence electrons. The van der Waals surface area contributed by atoms with Crippen molar-refractivity contribution in [3.63, 3.8) is 0 Å². The number of amides is 1. The molecule has 7 nitrogen and oxygen atoms in total. The van der Waals surface area contributed by atoms with Crippen LogP contribution < -0.4 is 10.9 Å². The van der Waals surface area contributed by atoms with Gasteiger partial charge in [-0.3, -0.25) is 18.8 Å². The van der Waals surface area contributed by atoms with Crippen molar-refractivity contribution in [1.29, 1.82) is 0 Å². The molecule has 0 aliphatic carbocycles. The average molecular weight is 360 g/mol. The topological polar surface area (TPSA) is 81.8 Å². The van der Waals surface area contributed by atoms with Gasteiger partial charge < -0.3 is 5.32 Å². The monoisotopic (exact) mass is 359 g/mol. The van der Waals surface area contributed by atoms with Gasteiger partial charge in [0.2, 0.25) is 5.91 Å². The van der Waals surface area contributed by atoms with E-state index >= 15 is 0 Å². The third kappa shape index (κ3) is 3.56. The molecular weight excluding hydrogens is 342 g/mol. The second-order valence-electron chi connectivity index (χ2n) is 5.77. The van der Waals surface area contributed by atoms with E-state index < -0.39 is 0 Å². The van der Waals surface area contributed by atoms with Crippen LogP contribution in [0.2, 0.25) is 5.02 Å². The number of nitrogens with one attached hydrogen (secondary N) is 1. The number of carbonyl (C=O) groups excluding carboxylic acids is 1. The van der Waals surface area contributed by atoms with E-state index in [4.69, 9.17) is 11.6 Å². The largest absolute Gasteiger partial charge is 0.348 e. The molecule has 1 N–H and O–H groups in total. The van der Waals surface area contributed by atoms with Crippen molar-refractivity contribution < 1.29 is 4.79 Å². The Labute approximate surface area is 149 Å². The molecule has 1 aromatic carbocycles. The third-order valence-corrected chi connectivity index (χ3v) is 4.26. The maximum absolute atomic E-state index is 12.4. The van der Waals surface area contributed by atoms with Crippen molar-refractivity contribution in [3.8, 4) is 0 Å². The molecule has 0 bridgehead atoms. The van der Waals surface area contributed by atoms with E-state index in [1.807, 2.05) is 25.1 Å². The zero-order valence-corrected chi connectivity index (χ0v) is 14.7. The van der Waals surface area contributed by atoms with Crippen LogP contribution in [0.4, 0.5) is 0 Å². The Kier molecular flexibility index (Phi) is 4.85. The van der Waals surface area contributed by atoms with Crippen molar-refractivity contribution in [3.05, 3.63) is 57.7 Å². The second-order valence-corrected chi connectivity index (χ2v) is 6.20. The molecule has 1 atom stereocenters. The molecule has 0 saturated heterocycles. The normalized spacial score (nSPS) is 12.3. The molecule has 1 amide bonds. The van der Waals surface area contributed by atoms with Gasteiger partial charge in [-0.1, -0.05) is 30.7 Å². The summed E-state index contributed by atoms with van der Waals surface area (Å²) in [6, 6.07) is 7.20. The van der Waals surface area contributed by atoms with Gasteiger partial charge in [-0.25, -0.2) is 4.98 Å². The fraction of sp³-hybridized carbons (Fsp3) is 0.294. The van der Waals surface area contributed by atoms with Crippen molar-refractivity contribution in [2.45, 2.75) is 25.9 Å². The predicted molar refractivity (Wildman–Crippen MR) is 95.4 cm³/mol. The average Bonchev–Trinajstić information content (AvgIpc) is 2.97. The quantitative estimate of drug-likeness (QED) is 0.756. The van der Waals surface area contributed by atoms with E-state index in [9.17, 15) is 9.59 Å². The van der Waals surface area contributed by atoms with Crippen molar-refractivity contribution in [1.82, 2.24) is 24.6 Å². The number of fused-ring (bicyclic) bond motifs is 1. The van der Waals surface area contributed by atoms with Gasteiger partial charge in [0, 0.05) is 12.1 Å². The Hall–Kier alpha value is -2.67. The van der Waals surface area contributed by atoms with Crippen LogP contribution in [-0.2, 0) is 18.4 Å². The van der Waals surface area contributed by atoms with E-state index in [2.05, 4.69) is 15.4 Å².